The second-order valence-corrected chi connectivity index (χ2v) is 6.63. The van der Waals surface area contributed by atoms with E-state index in [-0.39, 0.29) is 5.91 Å². The van der Waals surface area contributed by atoms with Crippen molar-refractivity contribution in [3.8, 4) is 0 Å². The number of aryl methyl sites for hydroxylation is 1. The number of pyridine rings is 1. The largest absolute Gasteiger partial charge is 0.338 e. The molecule has 0 spiro atoms. The Morgan fingerprint density at radius 2 is 2.20 bits per heavy atom. The van der Waals surface area contributed by atoms with Gasteiger partial charge in [-0.15, -0.1) is 0 Å². The van der Waals surface area contributed by atoms with Crippen molar-refractivity contribution < 1.29 is 4.79 Å². The molecule has 25 heavy (non-hydrogen) atoms. The van der Waals surface area contributed by atoms with Gasteiger partial charge in [-0.25, -0.2) is 0 Å². The molecule has 3 heterocycles. The van der Waals surface area contributed by atoms with E-state index in [9.17, 15) is 4.79 Å². The Hall–Kier alpha value is -2.69. The van der Waals surface area contributed by atoms with Gasteiger partial charge in [-0.05, 0) is 37.0 Å². The van der Waals surface area contributed by atoms with Crippen LogP contribution in [0, 0.1) is 0 Å². The lowest BCUT2D eigenvalue weighted by Gasteiger charge is -2.33. The predicted molar refractivity (Wildman–Crippen MR) is 97.6 cm³/mol. The van der Waals surface area contributed by atoms with Gasteiger partial charge >= 0.3 is 0 Å². The number of hydrogen-bond donors (Lipinski definition) is 1. The topological polar surface area (TPSA) is 61.9 Å². The summed E-state index contributed by atoms with van der Waals surface area (Å²) in [6.07, 6.45) is 6.72. The van der Waals surface area contributed by atoms with Crippen LogP contribution in [-0.4, -0.2) is 39.1 Å². The molecule has 1 aliphatic heterocycles. The number of carbonyl (C=O) groups is 1. The van der Waals surface area contributed by atoms with E-state index in [2.05, 4.69) is 22.1 Å². The summed E-state index contributed by atoms with van der Waals surface area (Å²) in [6.45, 7) is 3.67. The van der Waals surface area contributed by atoms with Gasteiger partial charge in [-0.1, -0.05) is 25.1 Å². The molecule has 1 N–H and O–H groups in total. The molecule has 1 amide bonds. The Kier molecular flexibility index (Phi) is 4.22. The highest BCUT2D eigenvalue weighted by molar-refractivity contribution is 6.05. The first kappa shape index (κ1) is 15.8. The maximum atomic E-state index is 13.1. The number of nitrogens with one attached hydrogen (secondary N) is 1. The quantitative estimate of drug-likeness (QED) is 0.797. The van der Waals surface area contributed by atoms with E-state index in [4.69, 9.17) is 0 Å². The van der Waals surface area contributed by atoms with Gasteiger partial charge in [0, 0.05) is 36.3 Å². The van der Waals surface area contributed by atoms with Gasteiger partial charge in [-0.3, -0.25) is 14.9 Å². The van der Waals surface area contributed by atoms with Crippen molar-refractivity contribution in [3.63, 3.8) is 0 Å². The number of nitrogens with zero attached hydrogens (tertiary/aromatic N) is 3. The fraction of sp³-hybridized carbons (Fsp3) is 0.350. The third-order valence-corrected chi connectivity index (χ3v) is 5.11. The molecule has 4 rings (SSSR count). The molecule has 0 bridgehead atoms. The van der Waals surface area contributed by atoms with Crippen molar-refractivity contribution in [2.24, 2.45) is 0 Å². The van der Waals surface area contributed by atoms with Crippen LogP contribution in [0.2, 0.25) is 0 Å². The minimum atomic E-state index is 0.0755. The lowest BCUT2D eigenvalue weighted by Crippen LogP contribution is -2.39. The number of aromatic nitrogens is 3. The third-order valence-electron chi connectivity index (χ3n) is 5.11. The Balaban J connectivity index is 1.62. The number of fused-ring (bicyclic) bond motifs is 1. The molecule has 0 saturated carbocycles. The molecule has 1 aromatic carbocycles. The average molecular weight is 334 g/mol. The first-order valence-electron chi connectivity index (χ1n) is 8.93. The lowest BCUT2D eigenvalue weighted by atomic mass is 9.91. The molecular weight excluding hydrogens is 312 g/mol. The van der Waals surface area contributed by atoms with E-state index in [1.807, 2.05) is 41.4 Å². The number of likely N-dealkylation sites (tertiary alicyclic amines) is 1. The van der Waals surface area contributed by atoms with Crippen LogP contribution >= 0.6 is 0 Å². The molecular formula is C20H22N4O. The standard InChI is InChI=1S/C20H22N4O/c1-2-14-12-22-23-18(14)16-8-5-11-24(13-16)20(25)17-9-3-6-15-7-4-10-21-19(15)17/h3-4,6-7,9-10,12,16H,2,5,8,11,13H2,1H3,(H,22,23)/t16-/m0/s1. The van der Waals surface area contributed by atoms with Gasteiger partial charge in [0.25, 0.3) is 5.91 Å². The molecule has 128 valence electrons. The number of rotatable bonds is 3. The molecule has 3 aromatic rings. The zero-order valence-electron chi connectivity index (χ0n) is 14.4. The van der Waals surface area contributed by atoms with Crippen LogP contribution in [0.3, 0.4) is 0 Å². The fourth-order valence-corrected chi connectivity index (χ4v) is 3.80. The number of carbonyl (C=O) groups excluding carboxylic acids is 1. The number of piperidine rings is 1. The summed E-state index contributed by atoms with van der Waals surface area (Å²) in [6, 6.07) is 9.71. The van der Waals surface area contributed by atoms with Crippen molar-refractivity contribution in [3.05, 3.63) is 59.5 Å². The summed E-state index contributed by atoms with van der Waals surface area (Å²) in [5, 5.41) is 8.36. The van der Waals surface area contributed by atoms with Crippen LogP contribution in [0.4, 0.5) is 0 Å². The van der Waals surface area contributed by atoms with Crippen molar-refractivity contribution in [2.45, 2.75) is 32.1 Å². The summed E-state index contributed by atoms with van der Waals surface area (Å²) < 4.78 is 0. The highest BCUT2D eigenvalue weighted by Crippen LogP contribution is 2.29. The minimum Gasteiger partial charge on any atom is -0.338 e. The second kappa shape index (κ2) is 6.67. The highest BCUT2D eigenvalue weighted by Gasteiger charge is 2.28. The first-order chi connectivity index (χ1) is 12.3. The summed E-state index contributed by atoms with van der Waals surface area (Å²) in [5.74, 6) is 0.407. The van der Waals surface area contributed by atoms with E-state index in [1.165, 1.54) is 11.3 Å². The summed E-state index contributed by atoms with van der Waals surface area (Å²) in [7, 11) is 0. The zero-order valence-corrected chi connectivity index (χ0v) is 14.4. The minimum absolute atomic E-state index is 0.0755. The molecule has 0 aliphatic carbocycles. The maximum Gasteiger partial charge on any atom is 0.256 e. The Labute approximate surface area is 147 Å². The maximum absolute atomic E-state index is 13.1. The molecule has 1 aliphatic rings. The van der Waals surface area contributed by atoms with Crippen molar-refractivity contribution in [1.29, 1.82) is 0 Å². The zero-order chi connectivity index (χ0) is 17.2. The van der Waals surface area contributed by atoms with E-state index in [1.54, 1.807) is 6.20 Å². The van der Waals surface area contributed by atoms with Crippen LogP contribution in [0.5, 0.6) is 0 Å². The Morgan fingerprint density at radius 3 is 3.08 bits per heavy atom. The number of benzene rings is 1. The number of aromatic amines is 1. The van der Waals surface area contributed by atoms with Gasteiger partial charge in [0.2, 0.25) is 0 Å². The summed E-state index contributed by atoms with van der Waals surface area (Å²) in [5.41, 5.74) is 3.93. The van der Waals surface area contributed by atoms with Gasteiger partial charge in [-0.2, -0.15) is 5.10 Å². The number of amides is 1. The molecule has 1 atom stereocenters. The van der Waals surface area contributed by atoms with Gasteiger partial charge < -0.3 is 4.90 Å². The number of para-hydroxylation sites is 1. The van der Waals surface area contributed by atoms with Gasteiger partial charge in [0.1, 0.15) is 0 Å². The number of H-pyrrole nitrogens is 1. The SMILES string of the molecule is CCc1cn[nH]c1[C@H]1CCCN(C(=O)c2cccc3cccnc23)C1. The van der Waals surface area contributed by atoms with Crippen molar-refractivity contribution in [2.75, 3.05) is 13.1 Å². The van der Waals surface area contributed by atoms with Crippen LogP contribution in [-0.2, 0) is 6.42 Å². The van der Waals surface area contributed by atoms with Crippen LogP contribution in [0.15, 0.2) is 42.7 Å². The summed E-state index contributed by atoms with van der Waals surface area (Å²) in [4.78, 5) is 19.5. The van der Waals surface area contributed by atoms with Crippen molar-refractivity contribution >= 4 is 16.8 Å². The monoisotopic (exact) mass is 334 g/mol. The van der Waals surface area contributed by atoms with Crippen LogP contribution < -0.4 is 0 Å². The Bertz CT molecular complexity index is 896. The van der Waals surface area contributed by atoms with Gasteiger partial charge in [0.15, 0.2) is 0 Å². The normalized spacial score (nSPS) is 17.8. The molecule has 0 radical (unpaired) electrons. The molecule has 1 saturated heterocycles. The van der Waals surface area contributed by atoms with E-state index in [0.717, 1.165) is 43.3 Å². The predicted octanol–water partition coefficient (Wildman–Crippen LogP) is 3.54. The second-order valence-electron chi connectivity index (χ2n) is 6.63. The average Bonchev–Trinajstić information content (AvgIpc) is 3.16. The van der Waals surface area contributed by atoms with E-state index >= 15 is 0 Å². The third kappa shape index (κ3) is 2.90. The molecule has 5 heteroatoms. The molecule has 5 nitrogen and oxygen atoms in total. The first-order valence-corrected chi connectivity index (χ1v) is 8.93. The van der Waals surface area contributed by atoms with Crippen LogP contribution in [0.1, 0.15) is 47.3 Å². The Morgan fingerprint density at radius 1 is 1.32 bits per heavy atom. The molecule has 0 unspecified atom stereocenters. The van der Waals surface area contributed by atoms with Crippen molar-refractivity contribution in [1.82, 2.24) is 20.1 Å². The number of hydrogen-bond acceptors (Lipinski definition) is 3. The lowest BCUT2D eigenvalue weighted by molar-refractivity contribution is 0.0707. The van der Waals surface area contributed by atoms with E-state index in [0.29, 0.717) is 11.5 Å². The molecule has 1 fully saturated rings. The highest BCUT2D eigenvalue weighted by atomic mass is 16.2. The summed E-state index contributed by atoms with van der Waals surface area (Å²) >= 11 is 0. The smallest absolute Gasteiger partial charge is 0.256 e. The fourth-order valence-electron chi connectivity index (χ4n) is 3.80. The van der Waals surface area contributed by atoms with Gasteiger partial charge in [0.05, 0.1) is 17.3 Å². The van der Waals surface area contributed by atoms with Crippen LogP contribution in [0.25, 0.3) is 10.9 Å². The molecule has 2 aromatic heterocycles. The van der Waals surface area contributed by atoms with E-state index < -0.39 is 0 Å².